The number of nitrogens with zero attached hydrogens (tertiary/aromatic N) is 1. The first-order valence-electron chi connectivity index (χ1n) is 7.29. The van der Waals surface area contributed by atoms with Crippen LogP contribution < -0.4 is 5.32 Å². The van der Waals surface area contributed by atoms with E-state index in [1.165, 1.54) is 32.4 Å². The van der Waals surface area contributed by atoms with E-state index in [1.807, 2.05) is 0 Å². The molecule has 2 unspecified atom stereocenters. The molecule has 1 saturated heterocycles. The first kappa shape index (κ1) is 15.0. The van der Waals surface area contributed by atoms with Crippen molar-refractivity contribution in [1.29, 1.82) is 0 Å². The Morgan fingerprint density at radius 2 is 1.94 bits per heavy atom. The monoisotopic (exact) mass is 240 g/mol. The van der Waals surface area contributed by atoms with E-state index in [2.05, 4.69) is 51.8 Å². The lowest BCUT2D eigenvalue weighted by atomic mass is 9.88. The van der Waals surface area contributed by atoms with Gasteiger partial charge in [-0.15, -0.1) is 0 Å². The minimum absolute atomic E-state index is 0.358. The Morgan fingerprint density at radius 3 is 2.41 bits per heavy atom. The Labute approximate surface area is 108 Å². The molecule has 1 aliphatic heterocycles. The molecule has 1 N–H and O–H groups in total. The van der Waals surface area contributed by atoms with Gasteiger partial charge >= 0.3 is 0 Å². The predicted octanol–water partition coefficient (Wildman–Crippen LogP) is 3.28. The maximum Gasteiger partial charge on any atom is 0.0303 e. The summed E-state index contributed by atoms with van der Waals surface area (Å²) < 4.78 is 0. The highest BCUT2D eigenvalue weighted by Gasteiger charge is 2.35. The summed E-state index contributed by atoms with van der Waals surface area (Å²) in [6.07, 6.45) is 3.77. The zero-order valence-corrected chi connectivity index (χ0v) is 12.8. The van der Waals surface area contributed by atoms with Crippen LogP contribution in [-0.4, -0.2) is 36.1 Å². The Bertz CT molecular complexity index is 232. The van der Waals surface area contributed by atoms with Gasteiger partial charge in [0, 0.05) is 24.7 Å². The predicted molar refractivity (Wildman–Crippen MR) is 76.4 cm³/mol. The minimum atomic E-state index is 0.358. The average Bonchev–Trinajstić information content (AvgIpc) is 2.27. The topological polar surface area (TPSA) is 15.3 Å². The lowest BCUT2D eigenvalue weighted by molar-refractivity contribution is 0.0391. The molecule has 1 rings (SSSR count). The van der Waals surface area contributed by atoms with Crippen LogP contribution in [0.4, 0.5) is 0 Å². The smallest absolute Gasteiger partial charge is 0.0303 e. The van der Waals surface area contributed by atoms with Gasteiger partial charge < -0.3 is 5.32 Å². The van der Waals surface area contributed by atoms with E-state index in [-0.39, 0.29) is 0 Å². The third kappa shape index (κ3) is 4.26. The van der Waals surface area contributed by atoms with Crippen LogP contribution in [0.2, 0.25) is 0 Å². The van der Waals surface area contributed by atoms with Crippen molar-refractivity contribution in [1.82, 2.24) is 10.2 Å². The van der Waals surface area contributed by atoms with Gasteiger partial charge in [-0.05, 0) is 38.1 Å². The average molecular weight is 240 g/mol. The number of rotatable bonds is 4. The highest BCUT2D eigenvalue weighted by molar-refractivity contribution is 4.95. The summed E-state index contributed by atoms with van der Waals surface area (Å²) in [5.74, 6) is 0. The van der Waals surface area contributed by atoms with Crippen LogP contribution in [0.1, 0.15) is 60.8 Å². The van der Waals surface area contributed by atoms with Crippen LogP contribution in [0, 0.1) is 5.41 Å². The van der Waals surface area contributed by atoms with Crippen molar-refractivity contribution in [3.8, 4) is 0 Å². The van der Waals surface area contributed by atoms with Crippen molar-refractivity contribution in [2.45, 2.75) is 72.4 Å². The molecular weight excluding hydrogens is 208 g/mol. The fourth-order valence-electron chi connectivity index (χ4n) is 2.48. The zero-order valence-electron chi connectivity index (χ0n) is 12.8. The molecule has 0 bridgehead atoms. The molecule has 0 aromatic heterocycles. The largest absolute Gasteiger partial charge is 0.311 e. The lowest BCUT2D eigenvalue weighted by Crippen LogP contribution is -2.63. The normalized spacial score (nSPS) is 31.8. The van der Waals surface area contributed by atoms with Gasteiger partial charge in [0.15, 0.2) is 0 Å². The number of nitrogens with one attached hydrogen (secondary N) is 1. The molecule has 102 valence electrons. The molecule has 0 amide bonds. The number of piperazine rings is 1. The molecule has 0 aromatic rings. The van der Waals surface area contributed by atoms with Gasteiger partial charge in [-0.1, -0.05) is 34.6 Å². The van der Waals surface area contributed by atoms with Crippen molar-refractivity contribution >= 4 is 0 Å². The summed E-state index contributed by atoms with van der Waals surface area (Å²) in [5.41, 5.74) is 0.804. The van der Waals surface area contributed by atoms with Crippen LogP contribution in [0.5, 0.6) is 0 Å². The van der Waals surface area contributed by atoms with E-state index in [0.29, 0.717) is 17.0 Å². The molecule has 1 fully saturated rings. The molecule has 1 heterocycles. The van der Waals surface area contributed by atoms with Gasteiger partial charge in [-0.2, -0.15) is 0 Å². The Morgan fingerprint density at radius 1 is 1.29 bits per heavy atom. The van der Waals surface area contributed by atoms with Crippen molar-refractivity contribution < 1.29 is 0 Å². The standard InChI is InChI=1S/C15H32N2/c1-7-13-11-17(10-9-14(3,4)5)15(6,8-2)12-16-13/h13,16H,7-12H2,1-6H3. The number of hydrogen-bond acceptors (Lipinski definition) is 2. The molecule has 17 heavy (non-hydrogen) atoms. The third-order valence-electron chi connectivity index (χ3n) is 4.36. The Balaban J connectivity index is 2.61. The first-order chi connectivity index (χ1) is 7.80. The second-order valence-corrected chi connectivity index (χ2v) is 7.09. The molecule has 0 saturated carbocycles. The van der Waals surface area contributed by atoms with Gasteiger partial charge in [0.2, 0.25) is 0 Å². The number of hydrogen-bond donors (Lipinski definition) is 1. The molecule has 2 nitrogen and oxygen atoms in total. The van der Waals surface area contributed by atoms with Gasteiger partial charge in [-0.25, -0.2) is 0 Å². The highest BCUT2D eigenvalue weighted by atomic mass is 15.3. The minimum Gasteiger partial charge on any atom is -0.311 e. The summed E-state index contributed by atoms with van der Waals surface area (Å²) in [5, 5.41) is 3.70. The lowest BCUT2D eigenvalue weighted by Gasteiger charge is -2.48. The molecule has 0 aromatic carbocycles. The molecule has 0 spiro atoms. The van der Waals surface area contributed by atoms with E-state index in [9.17, 15) is 0 Å². The van der Waals surface area contributed by atoms with E-state index in [1.54, 1.807) is 0 Å². The summed E-state index contributed by atoms with van der Waals surface area (Å²) in [6, 6.07) is 0.689. The Hall–Kier alpha value is -0.0800. The van der Waals surface area contributed by atoms with E-state index in [0.717, 1.165) is 6.54 Å². The van der Waals surface area contributed by atoms with Crippen molar-refractivity contribution in [3.05, 3.63) is 0 Å². The van der Waals surface area contributed by atoms with E-state index < -0.39 is 0 Å². The molecule has 1 aliphatic rings. The SMILES string of the molecule is CCC1CN(CCC(C)(C)C)C(C)(CC)CN1. The fourth-order valence-corrected chi connectivity index (χ4v) is 2.48. The van der Waals surface area contributed by atoms with Crippen molar-refractivity contribution in [3.63, 3.8) is 0 Å². The van der Waals surface area contributed by atoms with E-state index in [4.69, 9.17) is 0 Å². The van der Waals surface area contributed by atoms with Gasteiger partial charge in [0.1, 0.15) is 0 Å². The van der Waals surface area contributed by atoms with Crippen LogP contribution in [-0.2, 0) is 0 Å². The van der Waals surface area contributed by atoms with Gasteiger partial charge in [0.25, 0.3) is 0 Å². The van der Waals surface area contributed by atoms with Crippen LogP contribution in [0.3, 0.4) is 0 Å². The molecule has 0 radical (unpaired) electrons. The second-order valence-electron chi connectivity index (χ2n) is 7.09. The van der Waals surface area contributed by atoms with Crippen LogP contribution in [0.15, 0.2) is 0 Å². The van der Waals surface area contributed by atoms with E-state index >= 15 is 0 Å². The van der Waals surface area contributed by atoms with Crippen molar-refractivity contribution in [2.24, 2.45) is 5.41 Å². The highest BCUT2D eigenvalue weighted by Crippen LogP contribution is 2.27. The molecular formula is C15H32N2. The van der Waals surface area contributed by atoms with Crippen LogP contribution >= 0.6 is 0 Å². The van der Waals surface area contributed by atoms with Gasteiger partial charge in [0.05, 0.1) is 0 Å². The quantitative estimate of drug-likeness (QED) is 0.811. The molecule has 2 heteroatoms. The summed E-state index contributed by atoms with van der Waals surface area (Å²) in [7, 11) is 0. The van der Waals surface area contributed by atoms with Crippen LogP contribution in [0.25, 0.3) is 0 Å². The fraction of sp³-hybridized carbons (Fsp3) is 1.00. The maximum atomic E-state index is 3.70. The zero-order chi connectivity index (χ0) is 13.1. The molecule has 2 atom stereocenters. The summed E-state index contributed by atoms with van der Waals surface area (Å²) in [4.78, 5) is 2.73. The first-order valence-corrected chi connectivity index (χ1v) is 7.29. The molecule has 0 aliphatic carbocycles. The maximum absolute atomic E-state index is 3.70. The summed E-state index contributed by atoms with van der Waals surface area (Å²) in [6.45, 7) is 17.7. The second kappa shape index (κ2) is 5.71. The third-order valence-corrected chi connectivity index (χ3v) is 4.36. The van der Waals surface area contributed by atoms with Crippen molar-refractivity contribution in [2.75, 3.05) is 19.6 Å². The summed E-state index contributed by atoms with van der Waals surface area (Å²) >= 11 is 0. The Kier molecular flexibility index (Phi) is 5.03. The van der Waals surface area contributed by atoms with Gasteiger partial charge in [-0.3, -0.25) is 4.90 Å².